The average Bonchev–Trinajstić information content (AvgIpc) is 2.64. The van der Waals surface area contributed by atoms with Crippen LogP contribution in [0, 0.1) is 0 Å². The highest BCUT2D eigenvalue weighted by molar-refractivity contribution is 5.91. The van der Waals surface area contributed by atoms with Gasteiger partial charge in [-0.05, 0) is 29.8 Å². The van der Waals surface area contributed by atoms with Gasteiger partial charge in [0.25, 0.3) is 0 Å². The van der Waals surface area contributed by atoms with Crippen LogP contribution in [0.1, 0.15) is 41.0 Å². The van der Waals surface area contributed by atoms with E-state index in [2.05, 4.69) is 10.3 Å². The topological polar surface area (TPSA) is 69.7 Å². The Balaban J connectivity index is 1.84. The Morgan fingerprint density at radius 1 is 1.29 bits per heavy atom. The third-order valence-electron chi connectivity index (χ3n) is 4.21. The maximum absolute atomic E-state index is 12.7. The maximum atomic E-state index is 12.7. The van der Waals surface area contributed by atoms with E-state index in [9.17, 15) is 18.0 Å². The lowest BCUT2D eigenvalue weighted by molar-refractivity contribution is -0.180. The molecule has 0 saturated heterocycles. The summed E-state index contributed by atoms with van der Waals surface area (Å²) in [6.45, 7) is 3.88. The van der Waals surface area contributed by atoms with Gasteiger partial charge < -0.3 is 19.5 Å². The number of methoxy groups -OCH3 is 1. The molecule has 2 aromatic rings. The number of hydrogen-bond donors (Lipinski definition) is 1. The summed E-state index contributed by atoms with van der Waals surface area (Å²) in [6.07, 6.45) is -2.89. The van der Waals surface area contributed by atoms with E-state index in [4.69, 9.17) is 14.2 Å². The number of alkyl halides is 3. The predicted octanol–water partition coefficient (Wildman–Crippen LogP) is 4.14. The number of anilines is 1. The van der Waals surface area contributed by atoms with Gasteiger partial charge in [-0.1, -0.05) is 0 Å². The van der Waals surface area contributed by atoms with E-state index in [1.54, 1.807) is 13.8 Å². The molecule has 0 spiro atoms. The number of ether oxygens (including phenoxy) is 3. The molecule has 0 unspecified atom stereocenters. The molecule has 0 saturated carbocycles. The maximum Gasteiger partial charge on any atom is 0.416 e. The molecule has 1 aliphatic rings. The molecular weight excluding hydrogens is 377 g/mol. The lowest BCUT2D eigenvalue weighted by Crippen LogP contribution is -2.37. The van der Waals surface area contributed by atoms with E-state index in [0.717, 1.165) is 12.1 Å². The van der Waals surface area contributed by atoms with Gasteiger partial charge >= 0.3 is 12.1 Å². The van der Waals surface area contributed by atoms with E-state index in [-0.39, 0.29) is 24.6 Å². The molecule has 3 rings (SSSR count). The molecule has 1 aromatic heterocycles. The summed E-state index contributed by atoms with van der Waals surface area (Å²) < 4.78 is 54.2. The lowest BCUT2D eigenvalue weighted by atomic mass is 10.1. The summed E-state index contributed by atoms with van der Waals surface area (Å²) in [5.41, 5.74) is 1.17. The number of carbonyl (C=O) groups is 1. The Kier molecular flexibility index (Phi) is 5.20. The third-order valence-corrected chi connectivity index (χ3v) is 4.21. The summed E-state index contributed by atoms with van der Waals surface area (Å²) in [7, 11) is 1.25. The predicted molar refractivity (Wildman–Crippen MR) is 93.8 cm³/mol. The fourth-order valence-corrected chi connectivity index (χ4v) is 2.73. The van der Waals surface area contributed by atoms with Crippen molar-refractivity contribution < 1.29 is 32.2 Å². The number of fused-ring (bicyclic) bond motifs is 1. The highest BCUT2D eigenvalue weighted by Crippen LogP contribution is 2.36. The highest BCUT2D eigenvalue weighted by atomic mass is 19.4. The Morgan fingerprint density at radius 2 is 1.96 bits per heavy atom. The van der Waals surface area contributed by atoms with Crippen LogP contribution in [0.15, 0.2) is 30.5 Å². The van der Waals surface area contributed by atoms with Crippen molar-refractivity contribution >= 4 is 11.7 Å². The van der Waals surface area contributed by atoms with Crippen molar-refractivity contribution in [3.63, 3.8) is 0 Å². The summed E-state index contributed by atoms with van der Waals surface area (Å²) in [4.78, 5) is 16.1. The van der Waals surface area contributed by atoms with Crippen LogP contribution in [0.2, 0.25) is 0 Å². The normalized spacial score (nSPS) is 15.4. The van der Waals surface area contributed by atoms with E-state index in [1.165, 1.54) is 25.4 Å². The molecular formula is C19H19F3N2O4. The number of benzene rings is 1. The molecule has 1 aliphatic heterocycles. The molecule has 0 atom stereocenters. The molecule has 0 aliphatic carbocycles. The van der Waals surface area contributed by atoms with Crippen molar-refractivity contribution in [3.05, 3.63) is 52.8 Å². The Bertz CT molecular complexity index is 880. The zero-order chi connectivity index (χ0) is 20.5. The minimum absolute atomic E-state index is 0.0483. The van der Waals surface area contributed by atoms with Gasteiger partial charge in [-0.2, -0.15) is 13.2 Å². The fraction of sp³-hybridized carbons (Fsp3) is 0.368. The first kappa shape index (κ1) is 19.9. The molecule has 0 amide bonds. The zero-order valence-electron chi connectivity index (χ0n) is 15.5. The van der Waals surface area contributed by atoms with Crippen molar-refractivity contribution in [2.24, 2.45) is 0 Å². The minimum atomic E-state index is -4.38. The number of nitrogens with zero attached hydrogens (tertiary/aromatic N) is 1. The molecule has 0 radical (unpaired) electrons. The lowest BCUT2D eigenvalue weighted by Gasteiger charge is -2.34. The number of pyridine rings is 1. The van der Waals surface area contributed by atoms with Crippen molar-refractivity contribution in [1.29, 1.82) is 0 Å². The Labute approximate surface area is 159 Å². The van der Waals surface area contributed by atoms with E-state index in [0.29, 0.717) is 16.8 Å². The molecule has 28 heavy (non-hydrogen) atoms. The smallest absolute Gasteiger partial charge is 0.416 e. The highest BCUT2D eigenvalue weighted by Gasteiger charge is 2.33. The van der Waals surface area contributed by atoms with Crippen LogP contribution in [0.3, 0.4) is 0 Å². The van der Waals surface area contributed by atoms with Crippen molar-refractivity contribution in [2.45, 2.75) is 39.0 Å². The van der Waals surface area contributed by atoms with Crippen molar-refractivity contribution in [2.75, 3.05) is 12.4 Å². The van der Waals surface area contributed by atoms with Crippen LogP contribution >= 0.6 is 0 Å². The molecule has 0 bridgehead atoms. The number of aromatic nitrogens is 1. The molecule has 1 N–H and O–H groups in total. The summed E-state index contributed by atoms with van der Waals surface area (Å²) >= 11 is 0. The molecule has 9 heteroatoms. The van der Waals surface area contributed by atoms with E-state index in [1.807, 2.05) is 0 Å². The number of esters is 1. The first-order chi connectivity index (χ1) is 13.1. The molecule has 0 fully saturated rings. The number of carbonyl (C=O) groups excluding carboxylic acids is 1. The van der Waals surface area contributed by atoms with Crippen LogP contribution in [0.4, 0.5) is 18.9 Å². The summed E-state index contributed by atoms with van der Waals surface area (Å²) in [5.74, 6) is -1.28. The van der Waals surface area contributed by atoms with E-state index >= 15 is 0 Å². The SMILES string of the molecule is COC(=O)c1ncc(CNc2ccc(C(F)(F)F)cc2)c2c1OC(C)(C)OC2. The summed E-state index contributed by atoms with van der Waals surface area (Å²) in [6, 6.07) is 4.71. The molecule has 150 valence electrons. The van der Waals surface area contributed by atoms with Crippen LogP contribution < -0.4 is 10.1 Å². The second-order valence-corrected chi connectivity index (χ2v) is 6.65. The molecule has 2 heterocycles. The van der Waals surface area contributed by atoms with Gasteiger partial charge in [-0.25, -0.2) is 9.78 Å². The van der Waals surface area contributed by atoms with Gasteiger partial charge in [-0.3, -0.25) is 0 Å². The van der Waals surface area contributed by atoms with E-state index < -0.39 is 23.5 Å². The Hall–Kier alpha value is -2.81. The van der Waals surface area contributed by atoms with Gasteiger partial charge in [0.15, 0.2) is 11.4 Å². The van der Waals surface area contributed by atoms with Gasteiger partial charge in [-0.15, -0.1) is 0 Å². The van der Waals surface area contributed by atoms with Crippen molar-refractivity contribution in [3.8, 4) is 5.75 Å². The second-order valence-electron chi connectivity index (χ2n) is 6.65. The van der Waals surface area contributed by atoms with Crippen LogP contribution in [-0.2, 0) is 28.8 Å². The van der Waals surface area contributed by atoms with Gasteiger partial charge in [0.1, 0.15) is 0 Å². The quantitative estimate of drug-likeness (QED) is 0.784. The Morgan fingerprint density at radius 3 is 2.57 bits per heavy atom. The fourth-order valence-electron chi connectivity index (χ4n) is 2.73. The third kappa shape index (κ3) is 4.19. The van der Waals surface area contributed by atoms with Gasteiger partial charge in [0.2, 0.25) is 5.79 Å². The monoisotopic (exact) mass is 396 g/mol. The van der Waals surface area contributed by atoms with Crippen LogP contribution in [0.5, 0.6) is 5.75 Å². The average molecular weight is 396 g/mol. The number of hydrogen-bond acceptors (Lipinski definition) is 6. The second kappa shape index (κ2) is 7.31. The first-order valence-corrected chi connectivity index (χ1v) is 8.44. The van der Waals surface area contributed by atoms with Crippen LogP contribution in [-0.4, -0.2) is 23.9 Å². The van der Waals surface area contributed by atoms with Gasteiger partial charge in [0.05, 0.1) is 19.3 Å². The summed E-state index contributed by atoms with van der Waals surface area (Å²) in [5, 5.41) is 3.04. The number of halogens is 3. The number of rotatable bonds is 4. The zero-order valence-corrected chi connectivity index (χ0v) is 15.5. The molecule has 1 aromatic carbocycles. The molecule has 6 nitrogen and oxygen atoms in total. The standard InChI is InChI=1S/C19H19F3N2O4/c1-18(2)27-10-14-11(9-24-15(16(14)28-18)17(25)26-3)8-23-13-6-4-12(5-7-13)19(20,21)22/h4-7,9,23H,8,10H2,1-3H3. The minimum Gasteiger partial charge on any atom is -0.464 e. The van der Waals surface area contributed by atoms with Crippen LogP contribution in [0.25, 0.3) is 0 Å². The van der Waals surface area contributed by atoms with Crippen molar-refractivity contribution in [1.82, 2.24) is 4.98 Å². The van der Waals surface area contributed by atoms with Gasteiger partial charge in [0, 0.05) is 37.8 Å². The number of nitrogens with one attached hydrogen (secondary N) is 1. The first-order valence-electron chi connectivity index (χ1n) is 8.44. The largest absolute Gasteiger partial charge is 0.464 e.